The molecule has 1 saturated heterocycles. The Balaban J connectivity index is 1.61. The van der Waals surface area contributed by atoms with Gasteiger partial charge >= 0.3 is 0 Å². The zero-order chi connectivity index (χ0) is 21.4. The number of amides is 2. The number of rotatable bonds is 2. The number of piperidine rings is 1. The number of nitrogens with zero attached hydrogens (tertiary/aromatic N) is 1. The third kappa shape index (κ3) is 5.99. The number of hydrogen-bond donors (Lipinski definition) is 1. The summed E-state index contributed by atoms with van der Waals surface area (Å²) in [6.45, 7) is 6.82. The average molecular weight is 415 g/mol. The van der Waals surface area contributed by atoms with Crippen LogP contribution in [0.2, 0.25) is 0 Å². The van der Waals surface area contributed by atoms with Gasteiger partial charge in [-0.1, -0.05) is 44.9 Å². The third-order valence-corrected chi connectivity index (χ3v) is 6.58. The molecule has 0 aliphatic carbocycles. The standard InChI is InChI=1S/C25H38N2O3/c1-20(2)19-23(28)27-16-13-25(14-17-27)12-7-3-4-9-21-10-5-6-11-22(21)30-18-8-15-26-24(25)29/h5-6,10-11,20H,3-4,7-9,12-19H2,1-2H3,(H,26,29). The number of para-hydroxylation sites is 1. The molecule has 1 aromatic carbocycles. The van der Waals surface area contributed by atoms with Crippen molar-refractivity contribution < 1.29 is 14.3 Å². The van der Waals surface area contributed by atoms with Crippen LogP contribution in [0.4, 0.5) is 0 Å². The molecular formula is C25H38N2O3. The molecule has 2 amide bonds. The minimum atomic E-state index is -0.322. The third-order valence-electron chi connectivity index (χ3n) is 6.58. The molecule has 5 heteroatoms. The van der Waals surface area contributed by atoms with E-state index >= 15 is 0 Å². The summed E-state index contributed by atoms with van der Waals surface area (Å²) in [6.07, 6.45) is 8.17. The van der Waals surface area contributed by atoms with Crippen LogP contribution >= 0.6 is 0 Å². The van der Waals surface area contributed by atoms with Gasteiger partial charge in [0.15, 0.2) is 0 Å². The highest BCUT2D eigenvalue weighted by Gasteiger charge is 2.41. The number of aryl methyl sites for hydroxylation is 1. The Morgan fingerprint density at radius 2 is 1.87 bits per heavy atom. The van der Waals surface area contributed by atoms with Crippen LogP contribution in [0, 0.1) is 11.3 Å². The lowest BCUT2D eigenvalue weighted by molar-refractivity contribution is -0.141. The van der Waals surface area contributed by atoms with Crippen molar-refractivity contribution >= 4 is 11.8 Å². The van der Waals surface area contributed by atoms with Gasteiger partial charge in [-0.05, 0) is 56.1 Å². The second-order valence-corrected chi connectivity index (χ2v) is 9.39. The molecule has 166 valence electrons. The zero-order valence-electron chi connectivity index (χ0n) is 18.8. The van der Waals surface area contributed by atoms with E-state index < -0.39 is 0 Å². The number of carbonyl (C=O) groups excluding carboxylic acids is 2. The van der Waals surface area contributed by atoms with Crippen LogP contribution in [0.1, 0.15) is 70.8 Å². The van der Waals surface area contributed by atoms with Gasteiger partial charge in [-0.25, -0.2) is 0 Å². The molecule has 1 aromatic rings. The van der Waals surface area contributed by atoms with E-state index in [-0.39, 0.29) is 17.2 Å². The maximum atomic E-state index is 13.2. The largest absolute Gasteiger partial charge is 0.493 e. The monoisotopic (exact) mass is 414 g/mol. The van der Waals surface area contributed by atoms with Crippen molar-refractivity contribution in [2.75, 3.05) is 26.2 Å². The molecule has 0 radical (unpaired) electrons. The molecule has 1 fully saturated rings. The van der Waals surface area contributed by atoms with Gasteiger partial charge in [0.05, 0.1) is 12.0 Å². The van der Waals surface area contributed by atoms with E-state index in [1.54, 1.807) is 0 Å². The lowest BCUT2D eigenvalue weighted by Crippen LogP contribution is -2.50. The average Bonchev–Trinajstić information content (AvgIpc) is 2.73. The number of carbonyl (C=O) groups is 2. The van der Waals surface area contributed by atoms with E-state index in [0.29, 0.717) is 38.6 Å². The van der Waals surface area contributed by atoms with Crippen LogP contribution in [0.25, 0.3) is 0 Å². The summed E-state index contributed by atoms with van der Waals surface area (Å²) >= 11 is 0. The zero-order valence-corrected chi connectivity index (χ0v) is 18.8. The quantitative estimate of drug-likeness (QED) is 0.783. The van der Waals surface area contributed by atoms with E-state index in [1.165, 1.54) is 5.56 Å². The normalized spacial score (nSPS) is 20.8. The fraction of sp³-hybridized carbons (Fsp3) is 0.680. The molecule has 1 N–H and O–H groups in total. The first-order valence-electron chi connectivity index (χ1n) is 11.8. The maximum absolute atomic E-state index is 13.2. The van der Waals surface area contributed by atoms with Gasteiger partial charge in [0.1, 0.15) is 5.75 Å². The number of hydrogen-bond acceptors (Lipinski definition) is 3. The fourth-order valence-corrected chi connectivity index (χ4v) is 4.70. The molecule has 1 spiro atoms. The van der Waals surface area contributed by atoms with Crippen LogP contribution < -0.4 is 10.1 Å². The van der Waals surface area contributed by atoms with E-state index in [9.17, 15) is 9.59 Å². The smallest absolute Gasteiger partial charge is 0.226 e. The van der Waals surface area contributed by atoms with Crippen LogP contribution in [0.3, 0.4) is 0 Å². The maximum Gasteiger partial charge on any atom is 0.226 e. The Kier molecular flexibility index (Phi) is 8.17. The predicted octanol–water partition coefficient (Wildman–Crippen LogP) is 4.34. The van der Waals surface area contributed by atoms with Crippen molar-refractivity contribution in [1.29, 1.82) is 0 Å². The second kappa shape index (κ2) is 10.8. The van der Waals surface area contributed by atoms with Crippen molar-refractivity contribution in [2.24, 2.45) is 11.3 Å². The Morgan fingerprint density at radius 1 is 1.10 bits per heavy atom. The topological polar surface area (TPSA) is 58.6 Å². The van der Waals surface area contributed by atoms with Crippen LogP contribution in [0.5, 0.6) is 5.75 Å². The molecular weight excluding hydrogens is 376 g/mol. The van der Waals surface area contributed by atoms with Gasteiger partial charge in [0.2, 0.25) is 11.8 Å². The van der Waals surface area contributed by atoms with Gasteiger partial charge in [0, 0.05) is 26.1 Å². The number of fused-ring (bicyclic) bond motifs is 1. The summed E-state index contributed by atoms with van der Waals surface area (Å²) in [5.41, 5.74) is 0.961. The summed E-state index contributed by atoms with van der Waals surface area (Å²) in [6, 6.07) is 8.30. The summed E-state index contributed by atoms with van der Waals surface area (Å²) in [5.74, 6) is 1.77. The second-order valence-electron chi connectivity index (χ2n) is 9.39. The highest BCUT2D eigenvalue weighted by atomic mass is 16.5. The molecule has 3 rings (SSSR count). The van der Waals surface area contributed by atoms with Gasteiger partial charge < -0.3 is 15.0 Å². The van der Waals surface area contributed by atoms with Crippen molar-refractivity contribution in [3.05, 3.63) is 29.8 Å². The predicted molar refractivity (Wildman–Crippen MR) is 119 cm³/mol. The van der Waals surface area contributed by atoms with Gasteiger partial charge in [0.25, 0.3) is 0 Å². The minimum Gasteiger partial charge on any atom is -0.493 e. The van der Waals surface area contributed by atoms with Crippen LogP contribution in [0.15, 0.2) is 24.3 Å². The van der Waals surface area contributed by atoms with E-state index in [0.717, 1.165) is 57.1 Å². The lowest BCUT2D eigenvalue weighted by Gasteiger charge is -2.41. The fourth-order valence-electron chi connectivity index (χ4n) is 4.70. The summed E-state index contributed by atoms with van der Waals surface area (Å²) < 4.78 is 5.98. The highest BCUT2D eigenvalue weighted by molar-refractivity contribution is 5.83. The Morgan fingerprint density at radius 3 is 2.63 bits per heavy atom. The number of ether oxygens (including phenoxy) is 1. The Bertz CT molecular complexity index is 708. The Labute approximate surface area is 181 Å². The molecule has 0 aromatic heterocycles. The van der Waals surface area contributed by atoms with Crippen molar-refractivity contribution in [1.82, 2.24) is 10.2 Å². The molecule has 2 heterocycles. The van der Waals surface area contributed by atoms with Gasteiger partial charge in [-0.3, -0.25) is 9.59 Å². The molecule has 0 unspecified atom stereocenters. The lowest BCUT2D eigenvalue weighted by atomic mass is 9.73. The van der Waals surface area contributed by atoms with Crippen LogP contribution in [-0.4, -0.2) is 43.0 Å². The SMILES string of the molecule is CC(C)CC(=O)N1CCC2(CCCCCc3ccccc3OCCCNC2=O)CC1. The highest BCUT2D eigenvalue weighted by Crippen LogP contribution is 2.38. The molecule has 2 aliphatic heterocycles. The summed E-state index contributed by atoms with van der Waals surface area (Å²) in [7, 11) is 0. The number of likely N-dealkylation sites (tertiary alicyclic amines) is 1. The first kappa shape index (κ1) is 22.6. The molecule has 2 aliphatic rings. The van der Waals surface area contributed by atoms with E-state index in [1.807, 2.05) is 17.0 Å². The van der Waals surface area contributed by atoms with E-state index in [4.69, 9.17) is 4.74 Å². The van der Waals surface area contributed by atoms with Gasteiger partial charge in [-0.2, -0.15) is 0 Å². The summed E-state index contributed by atoms with van der Waals surface area (Å²) in [4.78, 5) is 27.6. The number of benzene rings is 1. The minimum absolute atomic E-state index is 0.177. The molecule has 0 bridgehead atoms. The molecule has 0 atom stereocenters. The summed E-state index contributed by atoms with van der Waals surface area (Å²) in [5, 5.41) is 3.17. The molecule has 30 heavy (non-hydrogen) atoms. The molecule has 5 nitrogen and oxygen atoms in total. The molecule has 0 saturated carbocycles. The van der Waals surface area contributed by atoms with Crippen molar-refractivity contribution in [2.45, 2.75) is 71.6 Å². The first-order valence-corrected chi connectivity index (χ1v) is 11.8. The van der Waals surface area contributed by atoms with Crippen molar-refractivity contribution in [3.8, 4) is 5.75 Å². The first-order chi connectivity index (χ1) is 14.5. The van der Waals surface area contributed by atoms with Gasteiger partial charge in [-0.15, -0.1) is 0 Å². The number of nitrogens with one attached hydrogen (secondary N) is 1. The van der Waals surface area contributed by atoms with E-state index in [2.05, 4.69) is 31.3 Å². The van der Waals surface area contributed by atoms with Crippen molar-refractivity contribution in [3.63, 3.8) is 0 Å². The Hall–Kier alpha value is -2.04. The van der Waals surface area contributed by atoms with Crippen LogP contribution in [-0.2, 0) is 16.0 Å².